The van der Waals surface area contributed by atoms with Crippen molar-refractivity contribution in [1.29, 1.82) is 0 Å². The number of hydrogen-bond acceptors (Lipinski definition) is 7. The minimum Gasteiger partial charge on any atom is -0.756 e. The fraction of sp³-hybridized carbons (Fsp3) is 0.627. The van der Waals surface area contributed by atoms with E-state index in [0.29, 0.717) is 23.9 Å². The topological polar surface area (TPSA) is 114 Å². The molecule has 0 aromatic carbocycles. The Bertz CT molecular complexity index is 2010. The highest BCUT2D eigenvalue weighted by molar-refractivity contribution is 7.45. The number of ether oxygens (including phenoxy) is 1. The molecule has 0 aromatic rings. The Morgan fingerprint density at radius 1 is 0.424 bits per heavy atom. The summed E-state index contributed by atoms with van der Waals surface area (Å²) in [7, 11) is 1.13. The lowest BCUT2D eigenvalue weighted by molar-refractivity contribution is -0.870. The fourth-order valence-corrected chi connectivity index (χ4v) is 9.54. The third-order valence-corrected chi connectivity index (χ3v) is 14.9. The summed E-state index contributed by atoms with van der Waals surface area (Å²) in [4.78, 5) is 40.1. The molecule has 0 fully saturated rings. The maximum atomic E-state index is 13.6. The second kappa shape index (κ2) is 62.7. The third-order valence-electron chi connectivity index (χ3n) is 14.0. The van der Waals surface area contributed by atoms with Gasteiger partial charge in [-0.05, 0) is 134 Å². The maximum Gasteiger partial charge on any atom is 0.306 e. The summed E-state index contributed by atoms with van der Waals surface area (Å²) in [6.45, 7) is 6.56. The molecule has 0 aromatic heterocycles. The Kier molecular flexibility index (Phi) is 59.5. The lowest BCUT2D eigenvalue weighted by atomic mass is 10.0. The number of likely N-dealkylation sites (N-methyl/N-ethyl adjacent to an activating group) is 1. The van der Waals surface area contributed by atoms with E-state index in [1.807, 2.05) is 33.3 Å². The Labute approximate surface area is 522 Å². The molecule has 3 unspecified atom stereocenters. The average Bonchev–Trinajstić information content (AvgIpc) is 3.64. The molecule has 0 aliphatic rings. The van der Waals surface area contributed by atoms with E-state index in [-0.39, 0.29) is 25.4 Å². The quantitative estimate of drug-likeness (QED) is 0.0212. The molecule has 9 nitrogen and oxygen atoms in total. The summed E-state index contributed by atoms with van der Waals surface area (Å²) in [6, 6.07) is -0.924. The summed E-state index contributed by atoms with van der Waals surface area (Å²) in [5.41, 5.74) is 0. The first-order valence-electron chi connectivity index (χ1n) is 33.8. The van der Waals surface area contributed by atoms with Crippen molar-refractivity contribution in [3.05, 3.63) is 158 Å². The summed E-state index contributed by atoms with van der Waals surface area (Å²) in [5.74, 6) is -0.614. The first-order chi connectivity index (χ1) is 41.4. The number of phosphoric ester groups is 1. The van der Waals surface area contributed by atoms with Gasteiger partial charge in [0.05, 0.1) is 33.8 Å². The smallest absolute Gasteiger partial charge is 0.306 e. The molecular weight excluding hydrogens is 1070 g/mol. The number of nitrogens with one attached hydrogen (secondary N) is 1. The van der Waals surface area contributed by atoms with Crippen molar-refractivity contribution in [3.8, 4) is 0 Å². The van der Waals surface area contributed by atoms with Crippen molar-refractivity contribution in [2.75, 3.05) is 40.9 Å². The van der Waals surface area contributed by atoms with Crippen LogP contribution in [0.4, 0.5) is 0 Å². The Balaban J connectivity index is 5.19. The van der Waals surface area contributed by atoms with Crippen LogP contribution in [0, 0.1) is 0 Å². The molecule has 0 radical (unpaired) electrons. The zero-order chi connectivity index (χ0) is 62.1. The van der Waals surface area contributed by atoms with E-state index in [2.05, 4.69) is 172 Å². The van der Waals surface area contributed by atoms with Gasteiger partial charge in [-0.15, -0.1) is 0 Å². The van der Waals surface area contributed by atoms with E-state index >= 15 is 0 Å². The normalized spacial score (nSPS) is 14.6. The van der Waals surface area contributed by atoms with Crippen LogP contribution >= 0.6 is 7.82 Å². The number of phosphoric acid groups is 1. The van der Waals surface area contributed by atoms with E-state index in [1.54, 1.807) is 0 Å². The van der Waals surface area contributed by atoms with Crippen LogP contribution in [0.25, 0.3) is 0 Å². The van der Waals surface area contributed by atoms with Crippen molar-refractivity contribution in [1.82, 2.24) is 5.32 Å². The van der Waals surface area contributed by atoms with E-state index in [9.17, 15) is 19.0 Å². The molecule has 1 amide bonds. The van der Waals surface area contributed by atoms with Gasteiger partial charge >= 0.3 is 5.97 Å². The average molecular weight is 1200 g/mol. The van der Waals surface area contributed by atoms with Gasteiger partial charge in [-0.3, -0.25) is 14.2 Å². The molecular formula is C75H125N2O7P. The van der Waals surface area contributed by atoms with Crippen LogP contribution < -0.4 is 10.2 Å². The molecule has 0 saturated carbocycles. The zero-order valence-electron chi connectivity index (χ0n) is 55.0. The number of hydrogen-bond donors (Lipinski definition) is 1. The first kappa shape index (κ1) is 80.6. The maximum absolute atomic E-state index is 13.6. The largest absolute Gasteiger partial charge is 0.756 e. The van der Waals surface area contributed by atoms with Gasteiger partial charge in [0.25, 0.3) is 7.82 Å². The number of carbonyl (C=O) groups excluding carboxylic acids is 2. The van der Waals surface area contributed by atoms with Gasteiger partial charge < -0.3 is 28.5 Å². The molecule has 0 bridgehead atoms. The van der Waals surface area contributed by atoms with Crippen LogP contribution in [-0.4, -0.2) is 69.4 Å². The molecule has 0 spiro atoms. The fourth-order valence-electron chi connectivity index (χ4n) is 8.82. The first-order valence-corrected chi connectivity index (χ1v) is 35.3. The molecule has 482 valence electrons. The van der Waals surface area contributed by atoms with Crippen LogP contribution in [0.1, 0.15) is 252 Å². The molecule has 0 aliphatic carbocycles. The van der Waals surface area contributed by atoms with Gasteiger partial charge in [-0.2, -0.15) is 0 Å². The molecule has 0 rings (SSSR count). The lowest BCUT2D eigenvalue weighted by Gasteiger charge is -2.30. The van der Waals surface area contributed by atoms with Crippen molar-refractivity contribution in [2.24, 2.45) is 0 Å². The SMILES string of the molecule is CC/C=C\C/C=C\C/C=C\C/C=C\C/C=C\C/C=C\CCCCCCCCCCC(=O)NC(COP(=O)([O-])OCC[N+](C)(C)C)C(/C=C\CCCCCCCCCCC)OC(=O)CCCC/C=C\C/C=C\C/C=C\C/C=C\C/C=C\C/C=C\CC. The van der Waals surface area contributed by atoms with Crippen LogP contribution in [0.5, 0.6) is 0 Å². The van der Waals surface area contributed by atoms with Crippen molar-refractivity contribution < 1.29 is 37.3 Å². The second-order valence-electron chi connectivity index (χ2n) is 23.2. The minimum absolute atomic E-state index is 0.0404. The number of quaternary nitrogens is 1. The summed E-state index contributed by atoms with van der Waals surface area (Å²) >= 11 is 0. The molecule has 10 heteroatoms. The molecule has 0 heterocycles. The highest BCUT2D eigenvalue weighted by Gasteiger charge is 2.27. The molecule has 0 aliphatic heterocycles. The van der Waals surface area contributed by atoms with Crippen molar-refractivity contribution in [2.45, 2.75) is 264 Å². The number of amides is 1. The Morgan fingerprint density at radius 2 is 0.753 bits per heavy atom. The third kappa shape index (κ3) is 63.9. The number of rotatable bonds is 59. The van der Waals surface area contributed by atoms with Gasteiger partial charge in [0.2, 0.25) is 5.91 Å². The zero-order valence-corrected chi connectivity index (χ0v) is 55.9. The van der Waals surface area contributed by atoms with E-state index in [4.69, 9.17) is 13.8 Å². The number of allylic oxidation sites excluding steroid dienone is 25. The predicted octanol–water partition coefficient (Wildman–Crippen LogP) is 20.9. The molecule has 85 heavy (non-hydrogen) atoms. The molecule has 3 atom stereocenters. The van der Waals surface area contributed by atoms with Crippen LogP contribution in [-0.2, 0) is 27.9 Å². The summed E-state index contributed by atoms with van der Waals surface area (Å²) in [6.07, 6.45) is 92.2. The van der Waals surface area contributed by atoms with Crippen molar-refractivity contribution >= 4 is 19.7 Å². The molecule has 0 saturated heterocycles. The number of nitrogens with zero attached hydrogens (tertiary/aromatic N) is 1. The number of esters is 1. The second-order valence-corrected chi connectivity index (χ2v) is 24.6. The highest BCUT2D eigenvalue weighted by Crippen LogP contribution is 2.38. The summed E-state index contributed by atoms with van der Waals surface area (Å²) < 4.78 is 30.3. The van der Waals surface area contributed by atoms with Gasteiger partial charge in [0.1, 0.15) is 19.3 Å². The van der Waals surface area contributed by atoms with Crippen molar-refractivity contribution in [3.63, 3.8) is 0 Å². The standard InChI is InChI=1S/C75H125N2O7P/c1-7-10-13-16-19-22-25-27-29-31-33-35-36-37-38-39-40-42-43-45-47-49-52-55-58-61-64-67-74(78)76-72(71-83-85(80,81)82-70-69-77(4,5)6)73(66-63-60-57-54-51-24-21-18-15-12-9-3)84-75(79)68-65-62-59-56-53-50-48-46-44-41-34-32-30-28-26-23-20-17-14-11-8-2/h10-11,13-14,19-20,22-23,27-30,33-35,37-38,40-42,46,48,53,56,63,66,72-73H,7-9,12,15-18,21,24-26,31-32,36,39,43-45,47,49-52,54-55,57-62,64-65,67-71H2,1-6H3,(H-,76,78,80,81)/b13-10-,14-11-,22-19-,23-20-,29-27-,30-28-,35-33-,38-37-,41-34-,42-40-,48-46-,56-53-,66-63-. The predicted molar refractivity (Wildman–Crippen MR) is 366 cm³/mol. The summed E-state index contributed by atoms with van der Waals surface area (Å²) in [5, 5.41) is 3.01. The van der Waals surface area contributed by atoms with E-state index < -0.39 is 32.5 Å². The number of unbranched alkanes of at least 4 members (excludes halogenated alkanes) is 19. The van der Waals surface area contributed by atoms with Gasteiger partial charge in [-0.25, -0.2) is 0 Å². The van der Waals surface area contributed by atoms with Crippen LogP contribution in [0.3, 0.4) is 0 Å². The molecule has 1 N–H and O–H groups in total. The highest BCUT2D eigenvalue weighted by atomic mass is 31.2. The number of carbonyl (C=O) groups is 2. The van der Waals surface area contributed by atoms with E-state index in [0.717, 1.165) is 135 Å². The van der Waals surface area contributed by atoms with E-state index in [1.165, 1.54) is 70.6 Å². The Hall–Kier alpha value is -4.37. The van der Waals surface area contributed by atoms with Crippen LogP contribution in [0.15, 0.2) is 158 Å². The lowest BCUT2D eigenvalue weighted by Crippen LogP contribution is -2.47. The van der Waals surface area contributed by atoms with Gasteiger partial charge in [0.15, 0.2) is 0 Å². The Morgan fingerprint density at radius 3 is 1.14 bits per heavy atom. The van der Waals surface area contributed by atoms with Gasteiger partial charge in [-0.1, -0.05) is 263 Å². The van der Waals surface area contributed by atoms with Gasteiger partial charge in [0, 0.05) is 12.8 Å². The minimum atomic E-state index is -4.73. The van der Waals surface area contributed by atoms with Crippen LogP contribution in [0.2, 0.25) is 0 Å². The monoisotopic (exact) mass is 1200 g/mol.